The molecule has 28 heavy (non-hydrogen) atoms. The molecule has 0 radical (unpaired) electrons. The molecule has 4 rings (SSSR count). The number of rotatable bonds is 5. The summed E-state index contributed by atoms with van der Waals surface area (Å²) in [6.07, 6.45) is 0.345. The van der Waals surface area contributed by atoms with E-state index in [9.17, 15) is 4.79 Å². The predicted octanol–water partition coefficient (Wildman–Crippen LogP) is 3.58. The van der Waals surface area contributed by atoms with Gasteiger partial charge in [-0.05, 0) is 42.8 Å². The van der Waals surface area contributed by atoms with Crippen LogP contribution in [0, 0.1) is 6.92 Å². The molecule has 1 aliphatic rings. The molecule has 0 N–H and O–H groups in total. The van der Waals surface area contributed by atoms with Gasteiger partial charge in [-0.1, -0.05) is 11.2 Å². The van der Waals surface area contributed by atoms with Crippen molar-refractivity contribution in [3.05, 3.63) is 53.9 Å². The van der Waals surface area contributed by atoms with E-state index in [2.05, 4.69) is 10.1 Å². The molecule has 1 amide bonds. The number of benzene rings is 2. The Labute approximate surface area is 162 Å². The first-order valence-corrected chi connectivity index (χ1v) is 9.02. The summed E-state index contributed by atoms with van der Waals surface area (Å²) in [5.74, 6) is 2.38. The topological polar surface area (TPSA) is 77.7 Å². The van der Waals surface area contributed by atoms with Crippen LogP contribution in [-0.2, 0) is 4.79 Å². The van der Waals surface area contributed by atoms with Crippen LogP contribution < -0.4 is 14.4 Å². The predicted molar refractivity (Wildman–Crippen MR) is 104 cm³/mol. The summed E-state index contributed by atoms with van der Waals surface area (Å²) in [6.45, 7) is 2.49. The summed E-state index contributed by atoms with van der Waals surface area (Å²) < 4.78 is 15.9. The number of aromatic nitrogens is 2. The Balaban J connectivity index is 1.55. The Bertz CT molecular complexity index is 997. The minimum atomic E-state index is -0.117. The maximum absolute atomic E-state index is 12.6. The van der Waals surface area contributed by atoms with Gasteiger partial charge in [0, 0.05) is 30.5 Å². The van der Waals surface area contributed by atoms with E-state index in [1.165, 1.54) is 0 Å². The molecule has 0 bridgehead atoms. The molecular formula is C21H21N3O4. The molecule has 2 heterocycles. The minimum absolute atomic E-state index is 0.0390. The number of nitrogens with zero attached hydrogens (tertiary/aromatic N) is 3. The third-order valence-corrected chi connectivity index (χ3v) is 4.98. The maximum Gasteiger partial charge on any atom is 0.257 e. The van der Waals surface area contributed by atoms with Gasteiger partial charge in [0.05, 0.1) is 19.9 Å². The SMILES string of the molecule is COc1ccc(-c2nc(C3CC(=O)N(c4cc(OC)ccc4C)C3)no2)cc1. The molecule has 7 heteroatoms. The summed E-state index contributed by atoms with van der Waals surface area (Å²) >= 11 is 0. The van der Waals surface area contributed by atoms with E-state index in [0.29, 0.717) is 24.7 Å². The smallest absolute Gasteiger partial charge is 0.257 e. The third kappa shape index (κ3) is 3.31. The van der Waals surface area contributed by atoms with E-state index in [-0.39, 0.29) is 11.8 Å². The lowest BCUT2D eigenvalue weighted by Gasteiger charge is -2.19. The van der Waals surface area contributed by atoms with Crippen LogP contribution in [0.1, 0.15) is 23.7 Å². The third-order valence-electron chi connectivity index (χ3n) is 4.98. The number of carbonyl (C=O) groups excluding carboxylic acids is 1. The molecule has 1 atom stereocenters. The van der Waals surface area contributed by atoms with Crippen LogP contribution in [0.5, 0.6) is 11.5 Å². The lowest BCUT2D eigenvalue weighted by atomic mass is 10.1. The van der Waals surface area contributed by atoms with Crippen molar-refractivity contribution >= 4 is 11.6 Å². The van der Waals surface area contributed by atoms with Gasteiger partial charge in [-0.15, -0.1) is 0 Å². The highest BCUT2D eigenvalue weighted by molar-refractivity contribution is 5.97. The van der Waals surface area contributed by atoms with Crippen LogP contribution in [0.25, 0.3) is 11.5 Å². The van der Waals surface area contributed by atoms with Crippen LogP contribution in [0.15, 0.2) is 47.0 Å². The fraction of sp³-hybridized carbons (Fsp3) is 0.286. The van der Waals surface area contributed by atoms with E-state index in [1.54, 1.807) is 19.1 Å². The number of carbonyl (C=O) groups is 1. The Kier molecular flexibility index (Phi) is 4.73. The van der Waals surface area contributed by atoms with Gasteiger partial charge in [-0.3, -0.25) is 4.79 Å². The number of methoxy groups -OCH3 is 2. The van der Waals surface area contributed by atoms with Crippen molar-refractivity contribution in [3.8, 4) is 23.0 Å². The number of hydrogen-bond donors (Lipinski definition) is 0. The van der Waals surface area contributed by atoms with E-state index >= 15 is 0 Å². The molecule has 1 saturated heterocycles. The number of hydrogen-bond acceptors (Lipinski definition) is 6. The zero-order chi connectivity index (χ0) is 19.7. The fourth-order valence-electron chi connectivity index (χ4n) is 3.37. The Morgan fingerprint density at radius 2 is 1.79 bits per heavy atom. The molecule has 1 fully saturated rings. The van der Waals surface area contributed by atoms with Crippen LogP contribution in [-0.4, -0.2) is 36.8 Å². The van der Waals surface area contributed by atoms with Gasteiger partial charge in [-0.2, -0.15) is 4.98 Å². The van der Waals surface area contributed by atoms with Crippen LogP contribution >= 0.6 is 0 Å². The molecule has 144 valence electrons. The second-order valence-corrected chi connectivity index (χ2v) is 6.74. The van der Waals surface area contributed by atoms with Crippen molar-refractivity contribution in [3.63, 3.8) is 0 Å². The molecule has 0 saturated carbocycles. The second kappa shape index (κ2) is 7.34. The van der Waals surface area contributed by atoms with Gasteiger partial charge in [-0.25, -0.2) is 0 Å². The summed E-state index contributed by atoms with van der Waals surface area (Å²) in [4.78, 5) is 18.9. The first-order chi connectivity index (χ1) is 13.6. The van der Waals surface area contributed by atoms with E-state index in [0.717, 1.165) is 28.3 Å². The first-order valence-electron chi connectivity index (χ1n) is 9.02. The van der Waals surface area contributed by atoms with Gasteiger partial charge in [0.15, 0.2) is 5.82 Å². The molecule has 1 aliphatic heterocycles. The van der Waals surface area contributed by atoms with Gasteiger partial charge >= 0.3 is 0 Å². The zero-order valence-electron chi connectivity index (χ0n) is 16.0. The largest absolute Gasteiger partial charge is 0.497 e. The lowest BCUT2D eigenvalue weighted by molar-refractivity contribution is -0.117. The highest BCUT2D eigenvalue weighted by atomic mass is 16.5. The van der Waals surface area contributed by atoms with E-state index < -0.39 is 0 Å². The molecule has 2 aromatic carbocycles. The summed E-state index contributed by atoms with van der Waals surface area (Å²) in [5.41, 5.74) is 2.68. The van der Waals surface area contributed by atoms with Gasteiger partial charge in [0.1, 0.15) is 11.5 Å². The van der Waals surface area contributed by atoms with Crippen molar-refractivity contribution in [2.75, 3.05) is 25.7 Å². The average Bonchev–Trinajstić information content (AvgIpc) is 3.35. The van der Waals surface area contributed by atoms with Gasteiger partial charge in [0.2, 0.25) is 5.91 Å². The second-order valence-electron chi connectivity index (χ2n) is 6.74. The fourth-order valence-corrected chi connectivity index (χ4v) is 3.37. The van der Waals surface area contributed by atoms with Crippen molar-refractivity contribution < 1.29 is 18.8 Å². The number of aryl methyl sites for hydroxylation is 1. The average molecular weight is 379 g/mol. The number of ether oxygens (including phenoxy) is 2. The highest BCUT2D eigenvalue weighted by Crippen LogP contribution is 2.34. The van der Waals surface area contributed by atoms with Crippen molar-refractivity contribution in [2.45, 2.75) is 19.3 Å². The molecule has 7 nitrogen and oxygen atoms in total. The van der Waals surface area contributed by atoms with Crippen molar-refractivity contribution in [1.29, 1.82) is 0 Å². The molecule has 3 aromatic rings. The molecule has 0 aliphatic carbocycles. The highest BCUT2D eigenvalue weighted by Gasteiger charge is 2.35. The number of amides is 1. The van der Waals surface area contributed by atoms with Crippen molar-refractivity contribution in [2.24, 2.45) is 0 Å². The minimum Gasteiger partial charge on any atom is -0.497 e. The summed E-state index contributed by atoms with van der Waals surface area (Å²) in [7, 11) is 3.23. The van der Waals surface area contributed by atoms with Crippen LogP contribution in [0.3, 0.4) is 0 Å². The number of anilines is 1. The quantitative estimate of drug-likeness (QED) is 0.674. The monoisotopic (exact) mass is 379 g/mol. The molecule has 1 aromatic heterocycles. The van der Waals surface area contributed by atoms with Gasteiger partial charge < -0.3 is 18.9 Å². The van der Waals surface area contributed by atoms with Crippen molar-refractivity contribution in [1.82, 2.24) is 10.1 Å². The lowest BCUT2D eigenvalue weighted by Crippen LogP contribution is -2.25. The Morgan fingerprint density at radius 1 is 1.07 bits per heavy atom. The van der Waals surface area contributed by atoms with Crippen LogP contribution in [0.2, 0.25) is 0 Å². The standard InChI is InChI=1S/C21H21N3O4/c1-13-4-7-17(27-3)11-18(13)24-12-15(10-19(24)25)20-22-21(28-23-20)14-5-8-16(26-2)9-6-14/h4-9,11,15H,10,12H2,1-3H3. The zero-order valence-corrected chi connectivity index (χ0v) is 16.0. The molecular weight excluding hydrogens is 358 g/mol. The molecule has 1 unspecified atom stereocenters. The summed E-state index contributed by atoms with van der Waals surface area (Å²) in [5, 5.41) is 4.11. The Morgan fingerprint density at radius 3 is 2.50 bits per heavy atom. The van der Waals surface area contributed by atoms with E-state index in [4.69, 9.17) is 14.0 Å². The Hall–Kier alpha value is -3.35. The maximum atomic E-state index is 12.6. The summed E-state index contributed by atoms with van der Waals surface area (Å²) in [6, 6.07) is 13.1. The normalized spacial score (nSPS) is 16.5. The van der Waals surface area contributed by atoms with Crippen LogP contribution in [0.4, 0.5) is 5.69 Å². The molecule has 0 spiro atoms. The first kappa shape index (κ1) is 18.0. The van der Waals surface area contributed by atoms with E-state index in [1.807, 2.05) is 49.4 Å². The van der Waals surface area contributed by atoms with Gasteiger partial charge in [0.25, 0.3) is 5.89 Å².